The van der Waals surface area contributed by atoms with Crippen LogP contribution in [0.2, 0.25) is 0 Å². The molecule has 134 valence electrons. The van der Waals surface area contributed by atoms with E-state index in [0.717, 1.165) is 24.0 Å². The molecule has 8 heteroatoms. The van der Waals surface area contributed by atoms with Crippen molar-refractivity contribution in [1.82, 2.24) is 4.98 Å². The van der Waals surface area contributed by atoms with Crippen LogP contribution >= 0.6 is 54.5 Å². The molecule has 4 aromatic rings. The van der Waals surface area contributed by atoms with Gasteiger partial charge in [0.15, 0.2) is 0 Å². The summed E-state index contributed by atoms with van der Waals surface area (Å²) in [6.07, 6.45) is 1.67. The predicted octanol–water partition coefficient (Wildman–Crippen LogP) is 6.56. The molecule has 0 aliphatic heterocycles. The van der Waals surface area contributed by atoms with Gasteiger partial charge >= 0.3 is 0 Å². The van der Waals surface area contributed by atoms with Gasteiger partial charge in [0.2, 0.25) is 5.13 Å². The molecule has 2 heterocycles. The van der Waals surface area contributed by atoms with E-state index in [1.807, 2.05) is 54.6 Å². The standard InChI is InChI=1S/C19H11Br2N3OS2/c20-13-6-7-14-16(10-13)27-19(23-14)24(18(25)15-8-9-17(21)26-15)22-11-12-4-2-1-3-5-12/h1-11H/b22-11+. The van der Waals surface area contributed by atoms with Crippen LogP contribution < -0.4 is 5.01 Å². The second kappa shape index (κ2) is 8.02. The van der Waals surface area contributed by atoms with Gasteiger partial charge in [0.25, 0.3) is 5.91 Å². The van der Waals surface area contributed by atoms with Crippen molar-refractivity contribution in [3.8, 4) is 0 Å². The summed E-state index contributed by atoms with van der Waals surface area (Å²) in [5.74, 6) is -0.212. The van der Waals surface area contributed by atoms with Crippen LogP contribution in [0.4, 0.5) is 5.13 Å². The van der Waals surface area contributed by atoms with Crippen molar-refractivity contribution in [1.29, 1.82) is 0 Å². The molecule has 4 rings (SSSR count). The molecule has 0 atom stereocenters. The predicted molar refractivity (Wildman–Crippen MR) is 120 cm³/mol. The van der Waals surface area contributed by atoms with Crippen molar-refractivity contribution in [2.75, 3.05) is 5.01 Å². The molecule has 0 aliphatic carbocycles. The topological polar surface area (TPSA) is 45.6 Å². The molecule has 0 N–H and O–H groups in total. The number of fused-ring (bicyclic) bond motifs is 1. The second-order valence-corrected chi connectivity index (χ2v) is 9.87. The van der Waals surface area contributed by atoms with Gasteiger partial charge in [-0.3, -0.25) is 4.79 Å². The number of thiophene rings is 1. The maximum atomic E-state index is 13.1. The van der Waals surface area contributed by atoms with Gasteiger partial charge in [0, 0.05) is 4.47 Å². The summed E-state index contributed by atoms with van der Waals surface area (Å²) >= 11 is 9.68. The van der Waals surface area contributed by atoms with Crippen molar-refractivity contribution >= 4 is 82.0 Å². The Balaban J connectivity index is 1.76. The number of aromatic nitrogens is 1. The number of carbonyl (C=O) groups is 1. The Morgan fingerprint density at radius 1 is 1.04 bits per heavy atom. The maximum Gasteiger partial charge on any atom is 0.290 e. The number of hydrogen-bond donors (Lipinski definition) is 0. The van der Waals surface area contributed by atoms with Crippen molar-refractivity contribution in [3.05, 3.63) is 79.4 Å². The Kier molecular flexibility index (Phi) is 5.49. The van der Waals surface area contributed by atoms with Crippen molar-refractivity contribution in [2.45, 2.75) is 0 Å². The maximum absolute atomic E-state index is 13.1. The number of anilines is 1. The van der Waals surface area contributed by atoms with E-state index in [0.29, 0.717) is 10.0 Å². The molecule has 0 saturated heterocycles. The number of amides is 1. The zero-order chi connectivity index (χ0) is 18.8. The molecule has 0 aliphatic rings. The smallest absolute Gasteiger partial charge is 0.266 e. The summed E-state index contributed by atoms with van der Waals surface area (Å²) in [5, 5.41) is 6.35. The normalized spacial score (nSPS) is 11.3. The highest BCUT2D eigenvalue weighted by Gasteiger charge is 2.22. The molecule has 2 aromatic carbocycles. The summed E-state index contributed by atoms with van der Waals surface area (Å²) in [5.41, 5.74) is 1.74. The highest BCUT2D eigenvalue weighted by molar-refractivity contribution is 9.11. The highest BCUT2D eigenvalue weighted by Crippen LogP contribution is 2.33. The Bertz CT molecular complexity index is 1140. The number of nitrogens with zero attached hydrogens (tertiary/aromatic N) is 3. The zero-order valence-electron chi connectivity index (χ0n) is 13.7. The molecule has 2 aromatic heterocycles. The first-order chi connectivity index (χ1) is 13.1. The Morgan fingerprint density at radius 3 is 2.59 bits per heavy atom. The zero-order valence-corrected chi connectivity index (χ0v) is 18.5. The summed E-state index contributed by atoms with van der Waals surface area (Å²) in [6.45, 7) is 0. The average molecular weight is 521 g/mol. The fourth-order valence-electron chi connectivity index (χ4n) is 2.36. The first-order valence-electron chi connectivity index (χ1n) is 7.85. The quantitative estimate of drug-likeness (QED) is 0.226. The number of halogens is 2. The van der Waals surface area contributed by atoms with Crippen LogP contribution in [-0.4, -0.2) is 17.1 Å². The van der Waals surface area contributed by atoms with E-state index in [9.17, 15) is 4.79 Å². The minimum Gasteiger partial charge on any atom is -0.266 e. The van der Waals surface area contributed by atoms with Crippen LogP contribution in [-0.2, 0) is 0 Å². The molecule has 1 amide bonds. The van der Waals surface area contributed by atoms with E-state index in [4.69, 9.17) is 0 Å². The van der Waals surface area contributed by atoms with Crippen LogP contribution in [0.5, 0.6) is 0 Å². The van der Waals surface area contributed by atoms with E-state index in [1.165, 1.54) is 27.7 Å². The van der Waals surface area contributed by atoms with Gasteiger partial charge in [-0.2, -0.15) is 10.1 Å². The van der Waals surface area contributed by atoms with Gasteiger partial charge < -0.3 is 0 Å². The summed E-state index contributed by atoms with van der Waals surface area (Å²) in [7, 11) is 0. The van der Waals surface area contributed by atoms with Gasteiger partial charge in [-0.15, -0.1) is 11.3 Å². The summed E-state index contributed by atoms with van der Waals surface area (Å²) < 4.78 is 2.85. The minimum atomic E-state index is -0.212. The third-order valence-corrected chi connectivity index (χ3v) is 6.72. The third-order valence-electron chi connectivity index (χ3n) is 3.62. The number of carbonyl (C=O) groups excluding carboxylic acids is 1. The van der Waals surface area contributed by atoms with E-state index >= 15 is 0 Å². The van der Waals surface area contributed by atoms with Crippen LogP contribution in [0.1, 0.15) is 15.2 Å². The minimum absolute atomic E-state index is 0.212. The molecule has 0 fully saturated rings. The number of hydrogen-bond acceptors (Lipinski definition) is 5. The molecule has 0 spiro atoms. The second-order valence-electron chi connectivity index (χ2n) is 5.48. The number of thiazole rings is 1. The van der Waals surface area contributed by atoms with Crippen molar-refractivity contribution in [2.24, 2.45) is 5.10 Å². The molecule has 0 radical (unpaired) electrons. The van der Waals surface area contributed by atoms with E-state index in [2.05, 4.69) is 41.9 Å². The third kappa shape index (κ3) is 4.19. The van der Waals surface area contributed by atoms with Crippen LogP contribution in [0.3, 0.4) is 0 Å². The fraction of sp³-hybridized carbons (Fsp3) is 0. The van der Waals surface area contributed by atoms with Gasteiger partial charge in [-0.25, -0.2) is 4.98 Å². The lowest BCUT2D eigenvalue weighted by atomic mass is 10.2. The van der Waals surface area contributed by atoms with E-state index in [-0.39, 0.29) is 5.91 Å². The molecule has 0 bridgehead atoms. The van der Waals surface area contributed by atoms with Gasteiger partial charge in [0.05, 0.1) is 25.1 Å². The SMILES string of the molecule is O=C(c1ccc(Br)s1)N(/N=C/c1ccccc1)c1nc2ccc(Br)cc2s1. The molecular formula is C19H11Br2N3OS2. The van der Waals surface area contributed by atoms with Crippen LogP contribution in [0.25, 0.3) is 10.2 Å². The van der Waals surface area contributed by atoms with Crippen LogP contribution in [0.15, 0.2) is 74.0 Å². The van der Waals surface area contributed by atoms with Gasteiger partial charge in [-0.1, -0.05) is 57.6 Å². The fourth-order valence-corrected chi connectivity index (χ4v) is 5.15. The first-order valence-corrected chi connectivity index (χ1v) is 11.1. The summed E-state index contributed by atoms with van der Waals surface area (Å²) in [4.78, 5) is 18.3. The molecule has 27 heavy (non-hydrogen) atoms. The first kappa shape index (κ1) is 18.5. The molecule has 0 saturated carbocycles. The molecular weight excluding hydrogens is 510 g/mol. The molecule has 0 unspecified atom stereocenters. The Labute approximate surface area is 180 Å². The van der Waals surface area contributed by atoms with Crippen molar-refractivity contribution < 1.29 is 4.79 Å². The lowest BCUT2D eigenvalue weighted by Crippen LogP contribution is -2.24. The largest absolute Gasteiger partial charge is 0.290 e. The Hall–Kier alpha value is -1.87. The van der Waals surface area contributed by atoms with Gasteiger partial charge in [-0.05, 0) is 51.8 Å². The van der Waals surface area contributed by atoms with E-state index < -0.39 is 0 Å². The van der Waals surface area contributed by atoms with Crippen molar-refractivity contribution in [3.63, 3.8) is 0 Å². The lowest BCUT2D eigenvalue weighted by Gasteiger charge is -2.12. The number of benzene rings is 2. The Morgan fingerprint density at radius 2 is 1.85 bits per heavy atom. The summed E-state index contributed by atoms with van der Waals surface area (Å²) in [6, 6.07) is 19.1. The number of rotatable bonds is 4. The van der Waals surface area contributed by atoms with Gasteiger partial charge in [0.1, 0.15) is 0 Å². The average Bonchev–Trinajstić information content (AvgIpc) is 3.28. The van der Waals surface area contributed by atoms with Crippen LogP contribution in [0, 0.1) is 0 Å². The lowest BCUT2D eigenvalue weighted by molar-refractivity contribution is 0.0991. The monoisotopic (exact) mass is 519 g/mol. The van der Waals surface area contributed by atoms with E-state index in [1.54, 1.807) is 12.3 Å². The highest BCUT2D eigenvalue weighted by atomic mass is 79.9. The molecule has 4 nitrogen and oxygen atoms in total. The number of hydrazone groups is 1.